The Hall–Kier alpha value is -0.730. The largest absolute Gasteiger partial charge is 0.335 e. The van der Waals surface area contributed by atoms with Gasteiger partial charge in [0.15, 0.2) is 0 Å². The quantitative estimate of drug-likeness (QED) is 0.805. The van der Waals surface area contributed by atoms with Crippen LogP contribution in [0.15, 0.2) is 0 Å². The second kappa shape index (κ2) is 5.72. The summed E-state index contributed by atoms with van der Waals surface area (Å²) in [5, 5.41) is 6.37. The molecule has 108 valence electrons. The third-order valence-electron chi connectivity index (χ3n) is 5.73. The molecule has 0 heterocycles. The van der Waals surface area contributed by atoms with Crippen molar-refractivity contribution in [2.75, 3.05) is 0 Å². The van der Waals surface area contributed by atoms with Crippen LogP contribution in [0.2, 0.25) is 0 Å². The van der Waals surface area contributed by atoms with Crippen molar-refractivity contribution in [3.63, 3.8) is 0 Å². The van der Waals surface area contributed by atoms with Crippen molar-refractivity contribution >= 4 is 6.03 Å². The lowest BCUT2D eigenvalue weighted by atomic mass is 9.84. The molecule has 0 aromatic heterocycles. The van der Waals surface area contributed by atoms with Gasteiger partial charge in [-0.3, -0.25) is 0 Å². The van der Waals surface area contributed by atoms with Crippen LogP contribution in [0.3, 0.4) is 0 Å². The van der Waals surface area contributed by atoms with E-state index >= 15 is 0 Å². The molecule has 0 aromatic rings. The number of carbonyl (C=O) groups excluding carboxylic acids is 1. The van der Waals surface area contributed by atoms with Crippen molar-refractivity contribution in [2.45, 2.75) is 76.8 Å². The normalized spacial score (nSPS) is 36.2. The number of fused-ring (bicyclic) bond motifs is 2. The Morgan fingerprint density at radius 2 is 1.84 bits per heavy atom. The molecule has 3 fully saturated rings. The highest BCUT2D eigenvalue weighted by atomic mass is 16.2. The standard InChI is InChI=1S/C16H28N2O/c1-11(15-10-12-7-8-13(15)9-12)17-16(19)18-14-5-3-2-4-6-14/h11-15H,2-10H2,1H3,(H2,17,18,19)/t11-,12+,13+,15-/m0/s1. The summed E-state index contributed by atoms with van der Waals surface area (Å²) in [6.45, 7) is 2.20. The van der Waals surface area contributed by atoms with Crippen LogP contribution < -0.4 is 10.6 Å². The average Bonchev–Trinajstić information content (AvgIpc) is 3.02. The Morgan fingerprint density at radius 1 is 1.05 bits per heavy atom. The van der Waals surface area contributed by atoms with Crippen LogP contribution in [0.25, 0.3) is 0 Å². The Kier molecular flexibility index (Phi) is 3.99. The highest BCUT2D eigenvalue weighted by Gasteiger charge is 2.42. The Bertz CT molecular complexity index is 325. The van der Waals surface area contributed by atoms with Crippen molar-refractivity contribution in [3.8, 4) is 0 Å². The minimum Gasteiger partial charge on any atom is -0.335 e. The average molecular weight is 264 g/mol. The van der Waals surface area contributed by atoms with E-state index in [1.165, 1.54) is 44.9 Å². The molecule has 2 bridgehead atoms. The van der Waals surface area contributed by atoms with E-state index in [2.05, 4.69) is 17.6 Å². The van der Waals surface area contributed by atoms with E-state index < -0.39 is 0 Å². The minimum atomic E-state index is 0.0715. The Morgan fingerprint density at radius 3 is 2.47 bits per heavy atom. The van der Waals surface area contributed by atoms with Gasteiger partial charge in [0.05, 0.1) is 0 Å². The lowest BCUT2D eigenvalue weighted by Crippen LogP contribution is -2.48. The zero-order chi connectivity index (χ0) is 13.2. The lowest BCUT2D eigenvalue weighted by Gasteiger charge is -2.30. The van der Waals surface area contributed by atoms with E-state index in [1.54, 1.807) is 0 Å². The molecule has 0 spiro atoms. The first-order chi connectivity index (χ1) is 9.22. The predicted molar refractivity (Wildman–Crippen MR) is 76.9 cm³/mol. The summed E-state index contributed by atoms with van der Waals surface area (Å²) in [5.74, 6) is 2.58. The molecular formula is C16H28N2O. The first kappa shape index (κ1) is 13.3. The molecule has 3 heteroatoms. The first-order valence-electron chi connectivity index (χ1n) is 8.29. The summed E-state index contributed by atoms with van der Waals surface area (Å²) < 4.78 is 0. The van der Waals surface area contributed by atoms with Crippen molar-refractivity contribution in [1.82, 2.24) is 10.6 Å². The first-order valence-corrected chi connectivity index (χ1v) is 8.29. The number of amides is 2. The number of urea groups is 1. The maximum atomic E-state index is 12.1. The van der Waals surface area contributed by atoms with E-state index in [0.717, 1.165) is 30.6 Å². The van der Waals surface area contributed by atoms with E-state index in [4.69, 9.17) is 0 Å². The third-order valence-corrected chi connectivity index (χ3v) is 5.73. The molecule has 0 radical (unpaired) electrons. The topological polar surface area (TPSA) is 41.1 Å². The Balaban J connectivity index is 1.43. The van der Waals surface area contributed by atoms with Gasteiger partial charge < -0.3 is 10.6 Å². The highest BCUT2D eigenvalue weighted by molar-refractivity contribution is 5.74. The van der Waals surface area contributed by atoms with Crippen molar-refractivity contribution in [1.29, 1.82) is 0 Å². The van der Waals surface area contributed by atoms with Gasteiger partial charge in [0.1, 0.15) is 0 Å². The van der Waals surface area contributed by atoms with Gasteiger partial charge in [0, 0.05) is 12.1 Å². The highest BCUT2D eigenvalue weighted by Crippen LogP contribution is 2.49. The number of nitrogens with one attached hydrogen (secondary N) is 2. The van der Waals surface area contributed by atoms with Crippen LogP contribution in [-0.4, -0.2) is 18.1 Å². The Labute approximate surface area is 116 Å². The van der Waals surface area contributed by atoms with E-state index in [9.17, 15) is 4.79 Å². The molecule has 19 heavy (non-hydrogen) atoms. The molecule has 2 amide bonds. The van der Waals surface area contributed by atoms with E-state index in [-0.39, 0.29) is 6.03 Å². The zero-order valence-electron chi connectivity index (χ0n) is 12.2. The second-order valence-corrected chi connectivity index (χ2v) is 7.08. The van der Waals surface area contributed by atoms with Gasteiger partial charge in [-0.2, -0.15) is 0 Å². The molecule has 3 aliphatic rings. The molecule has 2 N–H and O–H groups in total. The van der Waals surface area contributed by atoms with Crippen LogP contribution in [-0.2, 0) is 0 Å². The third kappa shape index (κ3) is 3.06. The van der Waals surface area contributed by atoms with Crippen LogP contribution >= 0.6 is 0 Å². The van der Waals surface area contributed by atoms with Gasteiger partial charge in [-0.15, -0.1) is 0 Å². The van der Waals surface area contributed by atoms with Crippen LogP contribution in [0.4, 0.5) is 4.79 Å². The van der Waals surface area contributed by atoms with Crippen LogP contribution in [0, 0.1) is 17.8 Å². The summed E-state index contributed by atoms with van der Waals surface area (Å²) in [6, 6.07) is 0.835. The van der Waals surface area contributed by atoms with Crippen molar-refractivity contribution in [3.05, 3.63) is 0 Å². The molecule has 3 aliphatic carbocycles. The molecule has 0 aromatic carbocycles. The number of hydrogen-bond acceptors (Lipinski definition) is 1. The van der Waals surface area contributed by atoms with Gasteiger partial charge in [-0.1, -0.05) is 25.7 Å². The minimum absolute atomic E-state index is 0.0715. The fraction of sp³-hybridized carbons (Fsp3) is 0.938. The number of carbonyl (C=O) groups is 1. The van der Waals surface area contributed by atoms with Gasteiger partial charge in [-0.25, -0.2) is 4.79 Å². The molecule has 0 saturated heterocycles. The molecule has 3 rings (SSSR count). The molecule has 3 nitrogen and oxygen atoms in total. The van der Waals surface area contributed by atoms with E-state index in [1.807, 2.05) is 0 Å². The monoisotopic (exact) mass is 264 g/mol. The molecule has 3 saturated carbocycles. The smallest absolute Gasteiger partial charge is 0.315 e. The molecule has 4 atom stereocenters. The summed E-state index contributed by atoms with van der Waals surface area (Å²) >= 11 is 0. The van der Waals surface area contributed by atoms with Gasteiger partial charge >= 0.3 is 6.03 Å². The summed E-state index contributed by atoms with van der Waals surface area (Å²) in [6.07, 6.45) is 11.8. The van der Waals surface area contributed by atoms with Crippen LogP contribution in [0.1, 0.15) is 64.7 Å². The van der Waals surface area contributed by atoms with Gasteiger partial charge in [0.25, 0.3) is 0 Å². The maximum absolute atomic E-state index is 12.1. The van der Waals surface area contributed by atoms with Gasteiger partial charge in [-0.05, 0) is 56.8 Å². The fourth-order valence-electron chi connectivity index (χ4n) is 4.69. The molecule has 0 unspecified atom stereocenters. The van der Waals surface area contributed by atoms with Crippen molar-refractivity contribution in [2.24, 2.45) is 17.8 Å². The molecular weight excluding hydrogens is 236 g/mol. The van der Waals surface area contributed by atoms with E-state index in [0.29, 0.717) is 12.1 Å². The zero-order valence-corrected chi connectivity index (χ0v) is 12.2. The van der Waals surface area contributed by atoms with Gasteiger partial charge in [0.2, 0.25) is 0 Å². The summed E-state index contributed by atoms with van der Waals surface area (Å²) in [4.78, 5) is 12.1. The number of hydrogen-bond donors (Lipinski definition) is 2. The lowest BCUT2D eigenvalue weighted by molar-refractivity contribution is 0.213. The maximum Gasteiger partial charge on any atom is 0.315 e. The van der Waals surface area contributed by atoms with Crippen molar-refractivity contribution < 1.29 is 4.79 Å². The summed E-state index contributed by atoms with van der Waals surface area (Å²) in [7, 11) is 0. The predicted octanol–water partition coefficient (Wildman–Crippen LogP) is 3.44. The second-order valence-electron chi connectivity index (χ2n) is 7.08. The summed E-state index contributed by atoms with van der Waals surface area (Å²) in [5.41, 5.74) is 0. The number of rotatable bonds is 3. The fourth-order valence-corrected chi connectivity index (χ4v) is 4.69. The van der Waals surface area contributed by atoms with Crippen LogP contribution in [0.5, 0.6) is 0 Å². The molecule has 0 aliphatic heterocycles. The SMILES string of the molecule is C[C@H](NC(=O)NC1CCCCC1)[C@@H]1C[C@@H]2CC[C@@H]1C2.